The van der Waals surface area contributed by atoms with E-state index in [0.29, 0.717) is 0 Å². The van der Waals surface area contributed by atoms with Gasteiger partial charge in [0.25, 0.3) is 0 Å². The number of hydrogen-bond acceptors (Lipinski definition) is 0. The van der Waals surface area contributed by atoms with Gasteiger partial charge in [0, 0.05) is 0 Å². The molecule has 0 spiro atoms. The van der Waals surface area contributed by atoms with Gasteiger partial charge < -0.3 is 24.8 Å². The molecule has 0 bridgehead atoms. The Labute approximate surface area is 235 Å². The van der Waals surface area contributed by atoms with Crippen LogP contribution in [0.4, 0.5) is 0 Å². The first-order valence-electron chi connectivity index (χ1n) is 11.9. The number of halogens is 2. The Morgan fingerprint density at radius 1 is 0.824 bits per heavy atom. The van der Waals surface area contributed by atoms with Crippen molar-refractivity contribution in [3.05, 3.63) is 77.9 Å². The zero-order valence-electron chi connectivity index (χ0n) is 22.2. The molecule has 0 aromatic heterocycles. The van der Waals surface area contributed by atoms with Gasteiger partial charge in [0.15, 0.2) is 0 Å². The van der Waals surface area contributed by atoms with Crippen molar-refractivity contribution in [1.82, 2.24) is 0 Å². The van der Waals surface area contributed by atoms with Crippen LogP contribution in [-0.4, -0.2) is 3.21 Å². The number of benzene rings is 2. The zero-order chi connectivity index (χ0) is 23.9. The molecule has 0 heterocycles. The first-order chi connectivity index (χ1) is 15.0. The summed E-state index contributed by atoms with van der Waals surface area (Å²) in [6.45, 7) is 18.1. The number of allylic oxidation sites excluding steroid dienone is 4. The first-order valence-corrected chi connectivity index (χ1v) is 13.1. The van der Waals surface area contributed by atoms with Crippen molar-refractivity contribution >= 4 is 24.8 Å². The molecule has 0 amide bonds. The van der Waals surface area contributed by atoms with Crippen molar-refractivity contribution in [2.24, 2.45) is 0 Å². The van der Waals surface area contributed by atoms with E-state index in [-0.39, 0.29) is 35.6 Å². The number of rotatable bonds is 2. The van der Waals surface area contributed by atoms with E-state index in [9.17, 15) is 0 Å². The maximum Gasteiger partial charge on any atom is -0.109 e. The van der Waals surface area contributed by atoms with E-state index in [1.165, 1.54) is 45.5 Å². The standard InChI is InChI=1S/C21H25.C5H5.C5H10.2ClH.Zr/c1-20(2,3)16-7-9-18-14(12-16)11-15-13-17(21(4,5)6)8-10-19(15)18;1-2-4-5-3-1;1-3-5-4-2;;;/h7-13H,1-6H3;1-3H,4H2;3-4H2,1-2H3;2*1H;/q2*-1;;;;+2/p-2. The van der Waals surface area contributed by atoms with Crippen LogP contribution < -0.4 is 24.8 Å². The van der Waals surface area contributed by atoms with Gasteiger partial charge in [-0.3, -0.25) is 6.08 Å². The van der Waals surface area contributed by atoms with Gasteiger partial charge in [-0.25, -0.2) is 12.2 Å². The second kappa shape index (κ2) is 14.6. The quantitative estimate of drug-likeness (QED) is 0.413. The molecule has 0 atom stereocenters. The average molecular weight is 575 g/mol. The molecule has 0 N–H and O–H groups in total. The van der Waals surface area contributed by atoms with E-state index in [1.807, 2.05) is 12.2 Å². The molecule has 3 aromatic carbocycles. The normalized spacial score (nSPS) is 12.3. The topological polar surface area (TPSA) is 0 Å². The van der Waals surface area contributed by atoms with E-state index < -0.39 is 0 Å². The molecule has 0 fully saturated rings. The summed E-state index contributed by atoms with van der Waals surface area (Å²) in [5.41, 5.74) is 3.21. The Balaban J connectivity index is 0.000000700. The minimum Gasteiger partial charge on any atom is -1.00 e. The molecule has 1 aliphatic rings. The fourth-order valence-electron chi connectivity index (χ4n) is 3.55. The molecule has 0 aliphatic heterocycles. The van der Waals surface area contributed by atoms with Gasteiger partial charge in [0.1, 0.15) is 0 Å². The Kier molecular flexibility index (Phi) is 14.2. The third-order valence-electron chi connectivity index (χ3n) is 5.88. The molecule has 0 radical (unpaired) electrons. The molecule has 0 nitrogen and oxygen atoms in total. The summed E-state index contributed by atoms with van der Waals surface area (Å²) in [6.07, 6.45) is 12.6. The summed E-state index contributed by atoms with van der Waals surface area (Å²) in [5.74, 6) is 0. The number of hydrogen-bond donors (Lipinski definition) is 0. The maximum absolute atomic E-state index is 2.99. The van der Waals surface area contributed by atoms with Crippen LogP contribution in [0.25, 0.3) is 21.5 Å². The van der Waals surface area contributed by atoms with Crippen LogP contribution in [0, 0.1) is 6.08 Å². The van der Waals surface area contributed by atoms with Crippen LogP contribution in [0.3, 0.4) is 0 Å². The van der Waals surface area contributed by atoms with E-state index in [2.05, 4.69) is 110 Å². The zero-order valence-corrected chi connectivity index (χ0v) is 26.1. The molecule has 3 heteroatoms. The monoisotopic (exact) mass is 572 g/mol. The summed E-state index contributed by atoms with van der Waals surface area (Å²) in [6, 6.07) is 16.2. The summed E-state index contributed by atoms with van der Waals surface area (Å²) in [4.78, 5) is 0. The molecular formula is C31H40Cl2Zr-2. The minimum atomic E-state index is 0. The molecule has 1 aliphatic carbocycles. The third-order valence-corrected chi connectivity index (χ3v) is 7.61. The smallest absolute Gasteiger partial charge is 0.109 e. The largest absolute Gasteiger partial charge is 1.00 e. The molecule has 0 unspecified atom stereocenters. The van der Waals surface area contributed by atoms with Gasteiger partial charge in [-0.2, -0.15) is 6.08 Å². The fraction of sp³-hybridized carbons (Fsp3) is 0.419. The van der Waals surface area contributed by atoms with E-state index in [1.54, 1.807) is 27.4 Å². The molecule has 34 heavy (non-hydrogen) atoms. The minimum absolute atomic E-state index is 0. The van der Waals surface area contributed by atoms with E-state index >= 15 is 0 Å². The number of fused-ring (bicyclic) bond motifs is 3. The van der Waals surface area contributed by atoms with E-state index in [4.69, 9.17) is 0 Å². The summed E-state index contributed by atoms with van der Waals surface area (Å²) in [5, 5.41) is 5.48. The predicted molar refractivity (Wildman–Crippen MR) is 142 cm³/mol. The van der Waals surface area contributed by atoms with Gasteiger partial charge in [-0.05, 0) is 10.8 Å². The Hall–Kier alpha value is -0.877. The molecule has 3 aromatic rings. The molecule has 4 rings (SSSR count). The summed E-state index contributed by atoms with van der Waals surface area (Å²) >= 11 is 1.62. The van der Waals surface area contributed by atoms with Crippen molar-refractivity contribution in [3.63, 3.8) is 0 Å². The second-order valence-electron chi connectivity index (χ2n) is 10.6. The second-order valence-corrected chi connectivity index (χ2v) is 12.3. The molecular weight excluding hydrogens is 534 g/mol. The SMILES string of the molecule is CC(C)(C)c1ccc2c(c1)[cH-]c1cc(C(C)(C)C)ccc12.CC[C](=[Zr+2])CC.[C-]1=CC=CC1.[Cl-].[Cl-]. The van der Waals surface area contributed by atoms with Crippen LogP contribution in [0.2, 0.25) is 0 Å². The predicted octanol–water partition coefficient (Wildman–Crippen LogP) is 3.15. The van der Waals surface area contributed by atoms with Crippen molar-refractivity contribution in [1.29, 1.82) is 0 Å². The van der Waals surface area contributed by atoms with Crippen LogP contribution in [0.1, 0.15) is 85.8 Å². The van der Waals surface area contributed by atoms with Gasteiger partial charge in [0.2, 0.25) is 0 Å². The van der Waals surface area contributed by atoms with Crippen LogP contribution in [0.5, 0.6) is 0 Å². The van der Waals surface area contributed by atoms with Crippen molar-refractivity contribution in [3.8, 4) is 0 Å². The molecule has 0 saturated heterocycles. The van der Waals surface area contributed by atoms with Gasteiger partial charge in [0.05, 0.1) is 0 Å². The fourth-order valence-corrected chi connectivity index (χ4v) is 3.55. The Morgan fingerprint density at radius 3 is 1.50 bits per heavy atom. The van der Waals surface area contributed by atoms with Crippen molar-refractivity contribution in [2.75, 3.05) is 0 Å². The average Bonchev–Trinajstić information content (AvgIpc) is 3.42. The van der Waals surface area contributed by atoms with Gasteiger partial charge in [-0.1, -0.05) is 76.9 Å². The van der Waals surface area contributed by atoms with Gasteiger partial charge >= 0.3 is 54.1 Å². The van der Waals surface area contributed by atoms with Crippen molar-refractivity contribution < 1.29 is 49.0 Å². The Morgan fingerprint density at radius 2 is 1.26 bits per heavy atom. The van der Waals surface area contributed by atoms with Crippen LogP contribution in [0.15, 0.2) is 60.7 Å². The summed E-state index contributed by atoms with van der Waals surface area (Å²) < 4.78 is 1.68. The molecule has 184 valence electrons. The molecule has 0 saturated carbocycles. The van der Waals surface area contributed by atoms with E-state index in [0.717, 1.165) is 6.42 Å². The van der Waals surface area contributed by atoms with Crippen molar-refractivity contribution in [2.45, 2.75) is 85.5 Å². The first kappa shape index (κ1) is 33.1. The maximum atomic E-state index is 2.99. The van der Waals surface area contributed by atoms with Crippen LogP contribution >= 0.6 is 0 Å². The Bertz CT molecular complexity index is 1020. The summed E-state index contributed by atoms with van der Waals surface area (Å²) in [7, 11) is 0. The van der Waals surface area contributed by atoms with Crippen LogP contribution in [-0.2, 0) is 35.1 Å². The third kappa shape index (κ3) is 9.64. The van der Waals surface area contributed by atoms with Gasteiger partial charge in [-0.15, -0.1) is 46.2 Å².